The highest BCUT2D eigenvalue weighted by Crippen LogP contribution is 2.39. The molecule has 2 aromatic heterocycles. The number of para-hydroxylation sites is 1. The van der Waals surface area contributed by atoms with Gasteiger partial charge in [0.1, 0.15) is 0 Å². The third-order valence-corrected chi connectivity index (χ3v) is 7.15. The maximum absolute atomic E-state index is 14.1. The highest BCUT2D eigenvalue weighted by atomic mass is 35.5. The second kappa shape index (κ2) is 12.6. The van der Waals surface area contributed by atoms with Gasteiger partial charge in [0.05, 0.1) is 28.6 Å². The molecule has 41 heavy (non-hydrogen) atoms. The van der Waals surface area contributed by atoms with Crippen LogP contribution in [0, 0.1) is 5.92 Å². The average molecular weight is 612 g/mol. The van der Waals surface area contributed by atoms with E-state index in [1.54, 1.807) is 36.4 Å². The Hall–Kier alpha value is -3.45. The first-order valence-corrected chi connectivity index (χ1v) is 12.9. The number of halogens is 5. The molecule has 2 aromatic carbocycles. The SMILES string of the molecule is Cl.O=C(O)C[C@H]1CCCN(C[C@@H](O)c2ccc(-c3noc(-c4cnn(-c5ccccc5Cl)c4C(F)(F)F)n3)cc2)C1. The number of alkyl halides is 3. The molecule has 1 aliphatic rings. The van der Waals surface area contributed by atoms with Crippen LogP contribution in [-0.2, 0) is 11.0 Å². The summed E-state index contributed by atoms with van der Waals surface area (Å²) in [6, 6.07) is 12.7. The highest BCUT2D eigenvalue weighted by Gasteiger charge is 2.41. The molecule has 0 spiro atoms. The summed E-state index contributed by atoms with van der Waals surface area (Å²) in [7, 11) is 0. The number of nitrogens with zero attached hydrogens (tertiary/aromatic N) is 5. The van der Waals surface area contributed by atoms with Crippen molar-refractivity contribution in [2.24, 2.45) is 5.92 Å². The van der Waals surface area contributed by atoms with Gasteiger partial charge in [-0.05, 0) is 43.0 Å². The Labute approximate surface area is 244 Å². The van der Waals surface area contributed by atoms with Crippen molar-refractivity contribution in [2.75, 3.05) is 19.6 Å². The molecule has 5 rings (SSSR count). The second-order valence-electron chi connectivity index (χ2n) is 9.69. The molecular weight excluding hydrogens is 586 g/mol. The Morgan fingerprint density at radius 3 is 2.59 bits per heavy atom. The molecular formula is C27H26Cl2F3N5O4. The van der Waals surface area contributed by atoms with E-state index in [9.17, 15) is 23.1 Å². The Morgan fingerprint density at radius 1 is 1.17 bits per heavy atom. The summed E-state index contributed by atoms with van der Waals surface area (Å²) in [5.74, 6) is -1.05. The lowest BCUT2D eigenvalue weighted by Gasteiger charge is -2.33. The number of aliphatic carboxylic acids is 1. The fraction of sp³-hybridized carbons (Fsp3) is 0.333. The lowest BCUT2D eigenvalue weighted by molar-refractivity contribution is -0.142. The van der Waals surface area contributed by atoms with Gasteiger partial charge in [0.25, 0.3) is 5.89 Å². The van der Waals surface area contributed by atoms with E-state index in [0.717, 1.165) is 25.6 Å². The number of aliphatic hydroxyl groups is 1. The number of β-amino-alcohol motifs (C(OH)–C–C–N with tert-alkyl or cyclic N) is 1. The van der Waals surface area contributed by atoms with Crippen molar-refractivity contribution in [1.82, 2.24) is 24.8 Å². The minimum absolute atomic E-state index is 0. The van der Waals surface area contributed by atoms with Gasteiger partial charge in [-0.15, -0.1) is 12.4 Å². The predicted octanol–water partition coefficient (Wildman–Crippen LogP) is 5.90. The van der Waals surface area contributed by atoms with E-state index in [1.165, 1.54) is 12.1 Å². The molecule has 2 atom stereocenters. The maximum atomic E-state index is 14.1. The summed E-state index contributed by atoms with van der Waals surface area (Å²) < 4.78 is 48.2. The first kappa shape index (κ1) is 30.5. The van der Waals surface area contributed by atoms with Gasteiger partial charge in [-0.1, -0.05) is 53.2 Å². The Balaban J connectivity index is 0.00000387. The predicted molar refractivity (Wildman–Crippen MR) is 146 cm³/mol. The zero-order valence-corrected chi connectivity index (χ0v) is 23.0. The molecule has 0 amide bonds. The molecule has 9 nitrogen and oxygen atoms in total. The molecule has 3 heterocycles. The number of carboxylic acid groups (broad SMARTS) is 1. The van der Waals surface area contributed by atoms with Crippen molar-refractivity contribution in [3.05, 3.63) is 71.0 Å². The molecule has 218 valence electrons. The lowest BCUT2D eigenvalue weighted by atomic mass is 9.94. The monoisotopic (exact) mass is 611 g/mol. The molecule has 0 saturated carbocycles. The molecule has 2 N–H and O–H groups in total. The third kappa shape index (κ3) is 6.89. The fourth-order valence-electron chi connectivity index (χ4n) is 4.97. The van der Waals surface area contributed by atoms with Gasteiger partial charge >= 0.3 is 12.1 Å². The Kier molecular flexibility index (Phi) is 9.37. The number of hydrogen-bond acceptors (Lipinski definition) is 7. The number of aromatic nitrogens is 4. The van der Waals surface area contributed by atoms with E-state index in [1.807, 2.05) is 0 Å². The standard InChI is InChI=1S/C27H25ClF3N5O4.ClH/c28-20-5-1-2-6-21(20)36-24(27(29,30)31)19(13-32-36)26-33-25(34-40-26)18-9-7-17(8-10-18)22(37)15-35-11-3-4-16(14-35)12-23(38)39;/h1-2,5-10,13,16,22,37H,3-4,11-12,14-15H2,(H,38,39);1H/t16-,22-;/m1./s1. The van der Waals surface area contributed by atoms with Gasteiger partial charge in [0.2, 0.25) is 5.82 Å². The minimum atomic E-state index is -4.79. The molecule has 0 radical (unpaired) electrons. The maximum Gasteiger partial charge on any atom is 0.434 e. The zero-order chi connectivity index (χ0) is 28.4. The lowest BCUT2D eigenvalue weighted by Crippen LogP contribution is -2.38. The summed E-state index contributed by atoms with van der Waals surface area (Å²) in [5.41, 5.74) is -0.317. The van der Waals surface area contributed by atoms with Crippen LogP contribution in [0.25, 0.3) is 28.5 Å². The smallest absolute Gasteiger partial charge is 0.434 e. The van der Waals surface area contributed by atoms with Gasteiger partial charge in [-0.3, -0.25) is 4.79 Å². The van der Waals surface area contributed by atoms with Crippen LogP contribution < -0.4 is 0 Å². The van der Waals surface area contributed by atoms with Crippen LogP contribution in [0.15, 0.2) is 59.3 Å². The summed E-state index contributed by atoms with van der Waals surface area (Å²) in [6.45, 7) is 1.75. The van der Waals surface area contributed by atoms with E-state index in [2.05, 4.69) is 20.1 Å². The molecule has 1 aliphatic heterocycles. The first-order chi connectivity index (χ1) is 19.1. The van der Waals surface area contributed by atoms with E-state index >= 15 is 0 Å². The normalized spacial score (nSPS) is 16.8. The number of carboxylic acids is 1. The zero-order valence-electron chi connectivity index (χ0n) is 21.5. The van der Waals surface area contributed by atoms with E-state index in [4.69, 9.17) is 21.2 Å². The van der Waals surface area contributed by atoms with Crippen molar-refractivity contribution in [1.29, 1.82) is 0 Å². The summed E-state index contributed by atoms with van der Waals surface area (Å²) in [4.78, 5) is 17.3. The van der Waals surface area contributed by atoms with E-state index in [0.29, 0.717) is 28.9 Å². The van der Waals surface area contributed by atoms with Crippen LogP contribution in [-0.4, -0.2) is 60.6 Å². The minimum Gasteiger partial charge on any atom is -0.481 e. The van der Waals surface area contributed by atoms with Gasteiger partial charge < -0.3 is 19.6 Å². The van der Waals surface area contributed by atoms with Crippen molar-refractivity contribution in [2.45, 2.75) is 31.5 Å². The summed E-state index contributed by atoms with van der Waals surface area (Å²) in [5, 5.41) is 27.6. The summed E-state index contributed by atoms with van der Waals surface area (Å²) >= 11 is 6.11. The van der Waals surface area contributed by atoms with Crippen molar-refractivity contribution >= 4 is 30.0 Å². The first-order valence-electron chi connectivity index (χ1n) is 12.6. The van der Waals surface area contributed by atoms with Crippen LogP contribution in [0.1, 0.15) is 36.6 Å². The second-order valence-corrected chi connectivity index (χ2v) is 10.1. The number of carbonyl (C=O) groups is 1. The third-order valence-electron chi connectivity index (χ3n) is 6.83. The van der Waals surface area contributed by atoms with Crippen LogP contribution in [0.2, 0.25) is 5.02 Å². The Bertz CT molecular complexity index is 1490. The van der Waals surface area contributed by atoms with E-state index < -0.39 is 23.9 Å². The number of benzene rings is 2. The number of likely N-dealkylation sites (tertiary alicyclic amines) is 1. The van der Waals surface area contributed by atoms with Crippen LogP contribution in [0.5, 0.6) is 0 Å². The molecule has 1 saturated heterocycles. The average Bonchev–Trinajstić information content (AvgIpc) is 3.57. The van der Waals surface area contributed by atoms with E-state index in [-0.39, 0.29) is 52.7 Å². The molecule has 0 aliphatic carbocycles. The number of hydrogen-bond donors (Lipinski definition) is 2. The van der Waals surface area contributed by atoms with Crippen LogP contribution in [0.4, 0.5) is 13.2 Å². The van der Waals surface area contributed by atoms with Crippen molar-refractivity contribution in [3.8, 4) is 28.5 Å². The van der Waals surface area contributed by atoms with Crippen molar-refractivity contribution in [3.63, 3.8) is 0 Å². The molecule has 0 unspecified atom stereocenters. The number of piperidine rings is 1. The van der Waals surface area contributed by atoms with Gasteiger partial charge in [0, 0.05) is 25.1 Å². The largest absolute Gasteiger partial charge is 0.481 e. The van der Waals surface area contributed by atoms with Crippen LogP contribution in [0.3, 0.4) is 0 Å². The van der Waals surface area contributed by atoms with Crippen molar-refractivity contribution < 1.29 is 32.7 Å². The molecule has 14 heteroatoms. The van der Waals surface area contributed by atoms with Gasteiger partial charge in [0.15, 0.2) is 5.69 Å². The molecule has 1 fully saturated rings. The number of aliphatic hydroxyl groups excluding tert-OH is 1. The highest BCUT2D eigenvalue weighted by molar-refractivity contribution is 6.32. The van der Waals surface area contributed by atoms with Gasteiger partial charge in [-0.25, -0.2) is 4.68 Å². The van der Waals surface area contributed by atoms with Gasteiger partial charge in [-0.2, -0.15) is 23.3 Å². The Morgan fingerprint density at radius 2 is 1.90 bits per heavy atom. The quantitative estimate of drug-likeness (QED) is 0.253. The molecule has 4 aromatic rings. The summed E-state index contributed by atoms with van der Waals surface area (Å²) in [6.07, 6.45) is -2.75. The van der Waals surface area contributed by atoms with Crippen LogP contribution >= 0.6 is 24.0 Å². The molecule has 0 bridgehead atoms. The topological polar surface area (TPSA) is 118 Å². The fourth-order valence-corrected chi connectivity index (χ4v) is 5.18. The number of rotatable bonds is 8.